The summed E-state index contributed by atoms with van der Waals surface area (Å²) in [6.07, 6.45) is 0. The first kappa shape index (κ1) is 15.9. The van der Waals surface area contributed by atoms with Crippen molar-refractivity contribution >= 4 is 46.4 Å². The van der Waals surface area contributed by atoms with Gasteiger partial charge in [0.2, 0.25) is 0 Å². The molecule has 2 aromatic carbocycles. The van der Waals surface area contributed by atoms with Gasteiger partial charge >= 0.3 is 0 Å². The second kappa shape index (κ2) is 6.98. The minimum atomic E-state index is -0.540. The first-order valence-corrected chi connectivity index (χ1v) is 6.92. The first-order valence-electron chi connectivity index (χ1n) is 5.79. The van der Waals surface area contributed by atoms with Gasteiger partial charge in [-0.05, 0) is 24.3 Å². The lowest BCUT2D eigenvalue weighted by Gasteiger charge is -2.11. The number of nitrogens with one attached hydrogen (secondary N) is 1. The summed E-state index contributed by atoms with van der Waals surface area (Å²) in [5.41, 5.74) is 0.0689. The molecule has 0 aliphatic heterocycles. The van der Waals surface area contributed by atoms with Gasteiger partial charge in [0.1, 0.15) is 5.82 Å². The molecule has 0 bridgehead atoms. The summed E-state index contributed by atoms with van der Waals surface area (Å²) < 4.78 is 18.6. The standard InChI is InChI=1S/C14H9Cl3FNO2/c15-8-5-9(16)14(10(17)6-8)21-7-13(20)19-12-4-2-1-3-11(12)18/h1-6H,7H2,(H,19,20). The van der Waals surface area contributed by atoms with Crippen molar-refractivity contribution in [3.63, 3.8) is 0 Å². The maximum Gasteiger partial charge on any atom is 0.262 e. The summed E-state index contributed by atoms with van der Waals surface area (Å²) in [6.45, 7) is -0.366. The second-order valence-electron chi connectivity index (χ2n) is 4.02. The summed E-state index contributed by atoms with van der Waals surface area (Å²) in [5, 5.41) is 3.11. The third-order valence-corrected chi connectivity index (χ3v) is 3.24. The van der Waals surface area contributed by atoms with E-state index in [1.165, 1.54) is 30.3 Å². The van der Waals surface area contributed by atoms with Crippen LogP contribution in [-0.2, 0) is 4.79 Å². The average Bonchev–Trinajstić information content (AvgIpc) is 2.40. The summed E-state index contributed by atoms with van der Waals surface area (Å²) >= 11 is 17.6. The number of ether oxygens (including phenoxy) is 1. The van der Waals surface area contributed by atoms with E-state index in [0.29, 0.717) is 5.02 Å². The molecule has 110 valence electrons. The highest BCUT2D eigenvalue weighted by atomic mass is 35.5. The zero-order valence-electron chi connectivity index (χ0n) is 10.5. The van der Waals surface area contributed by atoms with Crippen LogP contribution in [0.5, 0.6) is 5.75 Å². The molecule has 7 heteroatoms. The van der Waals surface area contributed by atoms with E-state index in [9.17, 15) is 9.18 Å². The van der Waals surface area contributed by atoms with Crippen LogP contribution in [0, 0.1) is 5.82 Å². The van der Waals surface area contributed by atoms with Crippen molar-refractivity contribution in [2.45, 2.75) is 0 Å². The van der Waals surface area contributed by atoms with Crippen LogP contribution in [-0.4, -0.2) is 12.5 Å². The summed E-state index contributed by atoms with van der Waals surface area (Å²) in [7, 11) is 0. The highest BCUT2D eigenvalue weighted by molar-refractivity contribution is 6.40. The molecule has 0 fully saturated rings. The van der Waals surface area contributed by atoms with E-state index in [0.717, 1.165) is 0 Å². The van der Waals surface area contributed by atoms with E-state index >= 15 is 0 Å². The van der Waals surface area contributed by atoms with Crippen LogP contribution in [0.25, 0.3) is 0 Å². The van der Waals surface area contributed by atoms with Crippen molar-refractivity contribution in [1.29, 1.82) is 0 Å². The normalized spacial score (nSPS) is 10.3. The molecule has 2 rings (SSSR count). The second-order valence-corrected chi connectivity index (χ2v) is 5.27. The molecule has 0 spiro atoms. The van der Waals surface area contributed by atoms with E-state index in [1.807, 2.05) is 0 Å². The molecular weight excluding hydrogens is 340 g/mol. The average molecular weight is 349 g/mol. The Bertz CT molecular complexity index is 656. The minimum absolute atomic E-state index is 0.0689. The molecule has 1 N–H and O–H groups in total. The third kappa shape index (κ3) is 4.24. The van der Waals surface area contributed by atoms with Gasteiger partial charge in [-0.25, -0.2) is 4.39 Å². The van der Waals surface area contributed by atoms with Gasteiger partial charge in [0.15, 0.2) is 12.4 Å². The number of rotatable bonds is 4. The van der Waals surface area contributed by atoms with Crippen LogP contribution in [0.4, 0.5) is 10.1 Å². The van der Waals surface area contributed by atoms with Gasteiger partial charge < -0.3 is 10.1 Å². The summed E-state index contributed by atoms with van der Waals surface area (Å²) in [6, 6.07) is 8.69. The molecular formula is C14H9Cl3FNO2. The Morgan fingerprint density at radius 3 is 2.38 bits per heavy atom. The van der Waals surface area contributed by atoms with Gasteiger partial charge in [0.05, 0.1) is 15.7 Å². The Morgan fingerprint density at radius 2 is 1.76 bits per heavy atom. The molecule has 0 saturated carbocycles. The number of carbonyl (C=O) groups is 1. The van der Waals surface area contributed by atoms with E-state index in [1.54, 1.807) is 6.07 Å². The Balaban J connectivity index is 2.01. The number of halogens is 4. The molecule has 21 heavy (non-hydrogen) atoms. The van der Waals surface area contributed by atoms with E-state index in [-0.39, 0.29) is 28.1 Å². The summed E-state index contributed by atoms with van der Waals surface area (Å²) in [4.78, 5) is 11.7. The number of para-hydroxylation sites is 1. The Labute approximate surface area is 135 Å². The molecule has 0 radical (unpaired) electrons. The Kier molecular flexibility index (Phi) is 5.28. The largest absolute Gasteiger partial charge is 0.481 e. The maximum absolute atomic E-state index is 13.4. The Hall–Kier alpha value is -1.49. The number of hydrogen-bond donors (Lipinski definition) is 1. The molecule has 1 amide bonds. The first-order chi connectivity index (χ1) is 9.97. The van der Waals surface area contributed by atoms with Crippen LogP contribution in [0.3, 0.4) is 0 Å². The zero-order chi connectivity index (χ0) is 15.4. The minimum Gasteiger partial charge on any atom is -0.481 e. The molecule has 0 atom stereocenters. The molecule has 3 nitrogen and oxygen atoms in total. The van der Waals surface area contributed by atoms with Crippen LogP contribution in [0.1, 0.15) is 0 Å². The lowest BCUT2D eigenvalue weighted by atomic mass is 10.3. The predicted octanol–water partition coefficient (Wildman–Crippen LogP) is 4.80. The Morgan fingerprint density at radius 1 is 1.14 bits per heavy atom. The molecule has 0 saturated heterocycles. The monoisotopic (exact) mass is 347 g/mol. The molecule has 0 aromatic heterocycles. The molecule has 0 aliphatic rings. The number of amides is 1. The topological polar surface area (TPSA) is 38.3 Å². The van der Waals surface area contributed by atoms with Gasteiger partial charge in [0.25, 0.3) is 5.91 Å². The van der Waals surface area contributed by atoms with Crippen molar-refractivity contribution in [3.05, 3.63) is 57.3 Å². The molecule has 2 aromatic rings. The van der Waals surface area contributed by atoms with Gasteiger partial charge in [-0.1, -0.05) is 46.9 Å². The smallest absolute Gasteiger partial charge is 0.262 e. The number of hydrogen-bond acceptors (Lipinski definition) is 2. The fourth-order valence-corrected chi connectivity index (χ4v) is 2.48. The fraction of sp³-hybridized carbons (Fsp3) is 0.0714. The van der Waals surface area contributed by atoms with Gasteiger partial charge in [-0.2, -0.15) is 0 Å². The summed E-state index contributed by atoms with van der Waals surface area (Å²) in [5.74, 6) is -0.929. The van der Waals surface area contributed by atoms with E-state index in [2.05, 4.69) is 5.32 Å². The van der Waals surface area contributed by atoms with Crippen molar-refractivity contribution in [2.75, 3.05) is 11.9 Å². The van der Waals surface area contributed by atoms with Crippen molar-refractivity contribution < 1.29 is 13.9 Å². The number of carbonyl (C=O) groups excluding carboxylic acids is 1. The maximum atomic E-state index is 13.4. The molecule has 0 heterocycles. The molecule has 0 aliphatic carbocycles. The number of benzene rings is 2. The van der Waals surface area contributed by atoms with Crippen LogP contribution >= 0.6 is 34.8 Å². The van der Waals surface area contributed by atoms with E-state index < -0.39 is 11.7 Å². The highest BCUT2D eigenvalue weighted by Crippen LogP contribution is 2.35. The van der Waals surface area contributed by atoms with Crippen LogP contribution in [0.2, 0.25) is 15.1 Å². The van der Waals surface area contributed by atoms with Crippen LogP contribution in [0.15, 0.2) is 36.4 Å². The van der Waals surface area contributed by atoms with Crippen LogP contribution < -0.4 is 10.1 Å². The number of anilines is 1. The van der Waals surface area contributed by atoms with Gasteiger partial charge in [-0.3, -0.25) is 4.79 Å². The van der Waals surface area contributed by atoms with Crippen molar-refractivity contribution in [3.8, 4) is 5.75 Å². The predicted molar refractivity (Wildman–Crippen MR) is 82.0 cm³/mol. The molecule has 0 unspecified atom stereocenters. The fourth-order valence-electron chi connectivity index (χ4n) is 1.55. The van der Waals surface area contributed by atoms with Gasteiger partial charge in [-0.15, -0.1) is 0 Å². The SMILES string of the molecule is O=C(COc1c(Cl)cc(Cl)cc1Cl)Nc1ccccc1F. The van der Waals surface area contributed by atoms with E-state index in [4.69, 9.17) is 39.5 Å². The van der Waals surface area contributed by atoms with Crippen molar-refractivity contribution in [1.82, 2.24) is 0 Å². The van der Waals surface area contributed by atoms with Gasteiger partial charge in [0, 0.05) is 5.02 Å². The quantitative estimate of drug-likeness (QED) is 0.861. The van der Waals surface area contributed by atoms with Crippen molar-refractivity contribution in [2.24, 2.45) is 0 Å². The lowest BCUT2D eigenvalue weighted by Crippen LogP contribution is -2.21. The third-order valence-electron chi connectivity index (χ3n) is 2.46. The zero-order valence-corrected chi connectivity index (χ0v) is 12.8. The lowest BCUT2D eigenvalue weighted by molar-refractivity contribution is -0.118. The highest BCUT2D eigenvalue weighted by Gasteiger charge is 2.12.